The molecule has 0 bridgehead atoms. The molecule has 0 aliphatic carbocycles. The second-order valence-electron chi connectivity index (χ2n) is 6.44. The van der Waals surface area contributed by atoms with E-state index >= 15 is 0 Å². The molecule has 1 aromatic carbocycles. The standard InChI is InChI=1S/C17H20N6O2S/c1-13-11-16(23-17(20-13)18-12-19-23)22-9-7-21(8-10-22)14-5-3-4-6-15(14)26(2,24)25/h3-6,11-12H,7-10H2,1-2H3. The largest absolute Gasteiger partial charge is 0.367 e. The Kier molecular flexibility index (Phi) is 4.03. The number of fused-ring (bicyclic) bond motifs is 1. The molecular weight excluding hydrogens is 352 g/mol. The van der Waals surface area contributed by atoms with Crippen LogP contribution in [0.4, 0.5) is 11.5 Å². The van der Waals surface area contributed by atoms with Crippen LogP contribution in [0, 0.1) is 6.92 Å². The van der Waals surface area contributed by atoms with Crippen LogP contribution >= 0.6 is 0 Å². The molecular formula is C17H20N6O2S. The van der Waals surface area contributed by atoms with Crippen LogP contribution in [0.25, 0.3) is 5.78 Å². The summed E-state index contributed by atoms with van der Waals surface area (Å²) in [6.07, 6.45) is 2.76. The molecule has 2 aromatic heterocycles. The summed E-state index contributed by atoms with van der Waals surface area (Å²) < 4.78 is 25.9. The van der Waals surface area contributed by atoms with Crippen molar-refractivity contribution in [3.63, 3.8) is 0 Å². The van der Waals surface area contributed by atoms with Crippen LogP contribution in [0.1, 0.15) is 5.69 Å². The normalized spacial score (nSPS) is 15.6. The van der Waals surface area contributed by atoms with E-state index in [4.69, 9.17) is 0 Å². The highest BCUT2D eigenvalue weighted by atomic mass is 32.2. The molecule has 0 atom stereocenters. The quantitative estimate of drug-likeness (QED) is 0.682. The molecule has 1 aliphatic rings. The molecule has 8 nitrogen and oxygen atoms in total. The summed E-state index contributed by atoms with van der Waals surface area (Å²) in [4.78, 5) is 13.3. The zero-order valence-corrected chi connectivity index (χ0v) is 15.5. The van der Waals surface area contributed by atoms with Gasteiger partial charge in [-0.05, 0) is 19.1 Å². The molecule has 0 spiro atoms. The Balaban J connectivity index is 1.60. The lowest BCUT2D eigenvalue weighted by molar-refractivity contribution is 0.599. The summed E-state index contributed by atoms with van der Waals surface area (Å²) in [5.41, 5.74) is 1.66. The minimum absolute atomic E-state index is 0.381. The van der Waals surface area contributed by atoms with Crippen molar-refractivity contribution in [3.8, 4) is 0 Å². The fourth-order valence-electron chi connectivity index (χ4n) is 3.34. The average molecular weight is 372 g/mol. The van der Waals surface area contributed by atoms with Gasteiger partial charge in [-0.15, -0.1) is 0 Å². The molecule has 0 amide bonds. The van der Waals surface area contributed by atoms with Crippen molar-refractivity contribution in [2.45, 2.75) is 11.8 Å². The lowest BCUT2D eigenvalue weighted by Crippen LogP contribution is -2.47. The van der Waals surface area contributed by atoms with Gasteiger partial charge in [0, 0.05) is 44.2 Å². The molecule has 3 aromatic rings. The van der Waals surface area contributed by atoms with Gasteiger partial charge in [0.25, 0.3) is 5.78 Å². The molecule has 136 valence electrons. The molecule has 3 heterocycles. The molecule has 9 heteroatoms. The predicted molar refractivity (Wildman–Crippen MR) is 99.5 cm³/mol. The smallest absolute Gasteiger partial charge is 0.254 e. The Morgan fingerprint density at radius 3 is 2.46 bits per heavy atom. The number of hydrogen-bond donors (Lipinski definition) is 0. The number of nitrogens with zero attached hydrogens (tertiary/aromatic N) is 6. The van der Waals surface area contributed by atoms with Crippen molar-refractivity contribution in [2.75, 3.05) is 42.2 Å². The molecule has 1 fully saturated rings. The molecule has 26 heavy (non-hydrogen) atoms. The van der Waals surface area contributed by atoms with Gasteiger partial charge in [-0.1, -0.05) is 12.1 Å². The topological polar surface area (TPSA) is 83.7 Å². The summed E-state index contributed by atoms with van der Waals surface area (Å²) >= 11 is 0. The Morgan fingerprint density at radius 1 is 1.04 bits per heavy atom. The van der Waals surface area contributed by atoms with E-state index in [2.05, 4.69) is 24.9 Å². The van der Waals surface area contributed by atoms with Gasteiger partial charge in [0.2, 0.25) is 0 Å². The first-order valence-corrected chi connectivity index (χ1v) is 10.3. The number of benzene rings is 1. The number of para-hydroxylation sites is 1. The summed E-state index contributed by atoms with van der Waals surface area (Å²) in [6.45, 7) is 4.91. The average Bonchev–Trinajstić information content (AvgIpc) is 3.09. The third-order valence-electron chi connectivity index (χ3n) is 4.57. The number of anilines is 2. The fraction of sp³-hybridized carbons (Fsp3) is 0.353. The van der Waals surface area contributed by atoms with E-state index in [1.807, 2.05) is 25.1 Å². The van der Waals surface area contributed by atoms with Crippen LogP contribution in [0.3, 0.4) is 0 Å². The van der Waals surface area contributed by atoms with Crippen LogP contribution in [0.5, 0.6) is 0 Å². The number of rotatable bonds is 3. The van der Waals surface area contributed by atoms with Gasteiger partial charge in [0.1, 0.15) is 12.1 Å². The zero-order chi connectivity index (χ0) is 18.3. The highest BCUT2D eigenvalue weighted by molar-refractivity contribution is 7.90. The van der Waals surface area contributed by atoms with Gasteiger partial charge in [-0.2, -0.15) is 14.6 Å². The molecule has 4 rings (SSSR count). The lowest BCUT2D eigenvalue weighted by Gasteiger charge is -2.37. The van der Waals surface area contributed by atoms with E-state index in [1.165, 1.54) is 12.6 Å². The Hall–Kier alpha value is -2.68. The highest BCUT2D eigenvalue weighted by Crippen LogP contribution is 2.27. The van der Waals surface area contributed by atoms with E-state index in [9.17, 15) is 8.42 Å². The first-order valence-electron chi connectivity index (χ1n) is 8.40. The third-order valence-corrected chi connectivity index (χ3v) is 5.71. The number of sulfone groups is 1. The van der Waals surface area contributed by atoms with Gasteiger partial charge in [-0.25, -0.2) is 13.4 Å². The van der Waals surface area contributed by atoms with Crippen molar-refractivity contribution in [2.24, 2.45) is 0 Å². The van der Waals surface area contributed by atoms with Crippen LogP contribution in [0.15, 0.2) is 41.6 Å². The number of hydrogen-bond acceptors (Lipinski definition) is 7. The minimum atomic E-state index is -3.26. The van der Waals surface area contributed by atoms with E-state index in [0.29, 0.717) is 10.7 Å². The van der Waals surface area contributed by atoms with Crippen molar-refractivity contribution in [1.29, 1.82) is 0 Å². The number of piperazine rings is 1. The summed E-state index contributed by atoms with van der Waals surface area (Å²) in [7, 11) is -3.26. The van der Waals surface area contributed by atoms with E-state index in [0.717, 1.165) is 43.4 Å². The summed E-state index contributed by atoms with van der Waals surface area (Å²) in [6, 6.07) is 9.18. The first-order chi connectivity index (χ1) is 12.4. The minimum Gasteiger partial charge on any atom is -0.367 e. The van der Waals surface area contributed by atoms with Crippen molar-refractivity contribution in [1.82, 2.24) is 19.6 Å². The zero-order valence-electron chi connectivity index (χ0n) is 14.7. The lowest BCUT2D eigenvalue weighted by atomic mass is 10.2. The van der Waals surface area contributed by atoms with Gasteiger partial charge in [0.05, 0.1) is 10.6 Å². The molecule has 0 unspecified atom stereocenters. The maximum Gasteiger partial charge on any atom is 0.254 e. The second kappa shape index (κ2) is 6.24. The highest BCUT2D eigenvalue weighted by Gasteiger charge is 2.24. The molecule has 0 saturated carbocycles. The van der Waals surface area contributed by atoms with E-state index in [1.54, 1.807) is 16.6 Å². The van der Waals surface area contributed by atoms with Crippen molar-refractivity contribution < 1.29 is 8.42 Å². The van der Waals surface area contributed by atoms with Gasteiger partial charge in [0.15, 0.2) is 9.84 Å². The molecule has 1 aliphatic heterocycles. The van der Waals surface area contributed by atoms with Gasteiger partial charge in [-0.3, -0.25) is 0 Å². The first kappa shape index (κ1) is 16.8. The Morgan fingerprint density at radius 2 is 1.73 bits per heavy atom. The molecule has 1 saturated heterocycles. The third kappa shape index (κ3) is 2.98. The number of aromatic nitrogens is 4. The van der Waals surface area contributed by atoms with E-state index in [-0.39, 0.29) is 0 Å². The van der Waals surface area contributed by atoms with Crippen LogP contribution < -0.4 is 9.80 Å². The Bertz CT molecular complexity index is 1050. The number of aryl methyl sites for hydroxylation is 1. The maximum atomic E-state index is 12.1. The van der Waals surface area contributed by atoms with E-state index < -0.39 is 9.84 Å². The van der Waals surface area contributed by atoms with Crippen molar-refractivity contribution >= 4 is 27.1 Å². The molecule has 0 N–H and O–H groups in total. The second-order valence-corrected chi connectivity index (χ2v) is 8.43. The summed E-state index contributed by atoms with van der Waals surface area (Å²) in [5, 5.41) is 4.27. The van der Waals surface area contributed by atoms with Crippen LogP contribution in [-0.4, -0.2) is 60.4 Å². The predicted octanol–water partition coefficient (Wildman–Crippen LogP) is 1.16. The monoisotopic (exact) mass is 372 g/mol. The summed E-state index contributed by atoms with van der Waals surface area (Å²) in [5.74, 6) is 1.55. The van der Waals surface area contributed by atoms with Gasteiger partial charge < -0.3 is 9.80 Å². The fourth-order valence-corrected chi connectivity index (χ4v) is 4.25. The van der Waals surface area contributed by atoms with Gasteiger partial charge >= 0.3 is 0 Å². The maximum absolute atomic E-state index is 12.1. The van der Waals surface area contributed by atoms with Crippen LogP contribution in [-0.2, 0) is 9.84 Å². The SMILES string of the molecule is Cc1cc(N2CCN(c3ccccc3S(C)(=O)=O)CC2)n2ncnc2n1. The molecule has 0 radical (unpaired) electrons. The Labute approximate surface area is 152 Å². The van der Waals surface area contributed by atoms with Crippen molar-refractivity contribution in [3.05, 3.63) is 42.4 Å². The van der Waals surface area contributed by atoms with Crippen LogP contribution in [0.2, 0.25) is 0 Å².